The van der Waals surface area contributed by atoms with Crippen LogP contribution in [0.4, 0.5) is 5.13 Å². The number of fused-ring (bicyclic) bond motifs is 1. The van der Waals surface area contributed by atoms with E-state index in [4.69, 9.17) is 0 Å². The van der Waals surface area contributed by atoms with Crippen molar-refractivity contribution in [1.82, 2.24) is 20.3 Å². The Morgan fingerprint density at radius 1 is 1.29 bits per heavy atom. The molecule has 1 saturated heterocycles. The number of rotatable bonds is 4. The maximum Gasteiger partial charge on any atom is 0.270 e. The normalized spacial score (nSPS) is 15.1. The van der Waals surface area contributed by atoms with Crippen molar-refractivity contribution in [2.45, 2.75) is 33.2 Å². The molecule has 8 heteroatoms. The Labute approximate surface area is 166 Å². The van der Waals surface area contributed by atoms with E-state index in [1.54, 1.807) is 0 Å². The van der Waals surface area contributed by atoms with Gasteiger partial charge in [-0.25, -0.2) is 4.98 Å². The van der Waals surface area contributed by atoms with Crippen molar-refractivity contribution in [3.63, 3.8) is 0 Å². The Bertz CT molecular complexity index is 1070. The quantitative estimate of drug-likeness (QED) is 0.706. The van der Waals surface area contributed by atoms with Gasteiger partial charge in [0.1, 0.15) is 4.70 Å². The highest BCUT2D eigenvalue weighted by atomic mass is 32.1. The number of aromatic amines is 1. The fraction of sp³-hybridized carbons (Fsp3) is 0.400. The molecular weight excluding hydrogens is 374 g/mol. The van der Waals surface area contributed by atoms with Crippen molar-refractivity contribution in [1.29, 1.82) is 0 Å². The van der Waals surface area contributed by atoms with Crippen LogP contribution in [0, 0.1) is 19.8 Å². The van der Waals surface area contributed by atoms with Gasteiger partial charge in [-0.05, 0) is 43.4 Å². The van der Waals surface area contributed by atoms with E-state index in [1.807, 2.05) is 0 Å². The zero-order valence-electron chi connectivity index (χ0n) is 16.0. The second-order valence-electron chi connectivity index (χ2n) is 7.28. The molecule has 0 radical (unpaired) electrons. The van der Waals surface area contributed by atoms with Crippen molar-refractivity contribution in [3.8, 4) is 0 Å². The summed E-state index contributed by atoms with van der Waals surface area (Å²) in [4.78, 5) is 37.7. The Hall–Kier alpha value is -2.74. The standard InChI is InChI=1S/C20H23N5O2S/c1-12-3-4-14(9-13(12)2)10-21-18(26)15-5-7-25(8-6-15)20-24-17-16(28-20)19(27)23-11-22-17/h3-4,9,11,15H,5-8,10H2,1-2H3,(H,21,26)(H,22,23,27). The zero-order valence-corrected chi connectivity index (χ0v) is 16.8. The number of piperidine rings is 1. The number of nitrogens with one attached hydrogen (secondary N) is 2. The average Bonchev–Trinajstić information content (AvgIpc) is 3.14. The maximum absolute atomic E-state index is 12.6. The lowest BCUT2D eigenvalue weighted by Gasteiger charge is -2.31. The highest BCUT2D eigenvalue weighted by Crippen LogP contribution is 2.29. The number of aryl methyl sites for hydroxylation is 2. The summed E-state index contributed by atoms with van der Waals surface area (Å²) in [6, 6.07) is 6.28. The van der Waals surface area contributed by atoms with Crippen molar-refractivity contribution >= 4 is 32.7 Å². The van der Waals surface area contributed by atoms with Gasteiger partial charge in [-0.15, -0.1) is 0 Å². The molecule has 2 N–H and O–H groups in total. The zero-order chi connectivity index (χ0) is 19.7. The van der Waals surface area contributed by atoms with Gasteiger partial charge >= 0.3 is 0 Å². The topological polar surface area (TPSA) is 91.0 Å². The van der Waals surface area contributed by atoms with Gasteiger partial charge in [0.2, 0.25) is 5.91 Å². The van der Waals surface area contributed by atoms with Crippen LogP contribution < -0.4 is 15.8 Å². The van der Waals surface area contributed by atoms with Crippen molar-refractivity contribution in [2.24, 2.45) is 5.92 Å². The van der Waals surface area contributed by atoms with Crippen LogP contribution in [0.1, 0.15) is 29.5 Å². The molecule has 3 aromatic rings. The molecule has 7 nitrogen and oxygen atoms in total. The molecular formula is C20H23N5O2S. The van der Waals surface area contributed by atoms with Gasteiger partial charge in [-0.2, -0.15) is 4.98 Å². The summed E-state index contributed by atoms with van der Waals surface area (Å²) >= 11 is 1.36. The molecule has 4 rings (SSSR count). The van der Waals surface area contributed by atoms with Crippen LogP contribution in [-0.4, -0.2) is 33.9 Å². The monoisotopic (exact) mass is 397 g/mol. The molecule has 146 valence electrons. The van der Waals surface area contributed by atoms with Gasteiger partial charge in [0.05, 0.1) is 6.33 Å². The summed E-state index contributed by atoms with van der Waals surface area (Å²) in [5, 5.41) is 3.87. The molecule has 0 aliphatic carbocycles. The first-order valence-electron chi connectivity index (χ1n) is 9.44. The van der Waals surface area contributed by atoms with E-state index < -0.39 is 0 Å². The SMILES string of the molecule is Cc1ccc(CNC(=O)C2CCN(c3nc4nc[nH]c(=O)c4s3)CC2)cc1C. The predicted molar refractivity (Wildman–Crippen MR) is 111 cm³/mol. The minimum absolute atomic E-state index is 0.0127. The van der Waals surface area contributed by atoms with E-state index in [1.165, 1.54) is 28.8 Å². The van der Waals surface area contributed by atoms with E-state index in [9.17, 15) is 9.59 Å². The lowest BCUT2D eigenvalue weighted by molar-refractivity contribution is -0.125. The molecule has 1 aromatic carbocycles. The maximum atomic E-state index is 12.6. The van der Waals surface area contributed by atoms with E-state index in [-0.39, 0.29) is 17.4 Å². The number of H-pyrrole nitrogens is 1. The smallest absolute Gasteiger partial charge is 0.270 e. The van der Waals surface area contributed by atoms with E-state index in [2.05, 4.69) is 57.2 Å². The second kappa shape index (κ2) is 7.71. The van der Waals surface area contributed by atoms with Crippen molar-refractivity contribution in [3.05, 3.63) is 51.6 Å². The number of carbonyl (C=O) groups excluding carboxylic acids is 1. The van der Waals surface area contributed by atoms with E-state index >= 15 is 0 Å². The van der Waals surface area contributed by atoms with Gasteiger partial charge in [0.15, 0.2) is 10.8 Å². The molecule has 0 unspecified atom stereocenters. The van der Waals surface area contributed by atoms with E-state index in [0.29, 0.717) is 16.9 Å². The second-order valence-corrected chi connectivity index (χ2v) is 8.26. The molecule has 3 heterocycles. The largest absolute Gasteiger partial charge is 0.352 e. The molecule has 1 aliphatic rings. The Morgan fingerprint density at radius 3 is 2.79 bits per heavy atom. The molecule has 1 amide bonds. The van der Waals surface area contributed by atoms with Crippen LogP contribution in [0.25, 0.3) is 10.3 Å². The van der Waals surface area contributed by atoms with Gasteiger partial charge < -0.3 is 15.2 Å². The highest BCUT2D eigenvalue weighted by Gasteiger charge is 2.26. The third-order valence-corrected chi connectivity index (χ3v) is 6.47. The number of hydrogen-bond donors (Lipinski definition) is 2. The summed E-state index contributed by atoms with van der Waals surface area (Å²) < 4.78 is 0.547. The summed E-state index contributed by atoms with van der Waals surface area (Å²) in [7, 11) is 0. The summed E-state index contributed by atoms with van der Waals surface area (Å²) in [6.45, 7) is 6.23. The van der Waals surface area contributed by atoms with Crippen LogP contribution in [0.3, 0.4) is 0 Å². The minimum atomic E-state index is -0.158. The molecule has 0 bridgehead atoms. The van der Waals surface area contributed by atoms with Gasteiger partial charge in [0, 0.05) is 25.6 Å². The first-order valence-corrected chi connectivity index (χ1v) is 10.3. The van der Waals surface area contributed by atoms with Gasteiger partial charge in [-0.1, -0.05) is 29.5 Å². The molecule has 1 fully saturated rings. The third-order valence-electron chi connectivity index (χ3n) is 5.36. The van der Waals surface area contributed by atoms with Crippen molar-refractivity contribution < 1.29 is 4.79 Å². The molecule has 0 atom stereocenters. The number of nitrogens with zero attached hydrogens (tertiary/aromatic N) is 3. The van der Waals surface area contributed by atoms with Gasteiger partial charge in [-0.3, -0.25) is 9.59 Å². The number of thiazole rings is 1. The third kappa shape index (κ3) is 3.77. The fourth-order valence-corrected chi connectivity index (χ4v) is 4.44. The van der Waals surface area contributed by atoms with Crippen LogP contribution in [0.2, 0.25) is 0 Å². The van der Waals surface area contributed by atoms with Crippen LogP contribution in [0.5, 0.6) is 0 Å². The average molecular weight is 398 g/mol. The molecule has 28 heavy (non-hydrogen) atoms. The molecule has 1 aliphatic heterocycles. The molecule has 2 aromatic heterocycles. The number of carbonyl (C=O) groups is 1. The molecule has 0 saturated carbocycles. The van der Waals surface area contributed by atoms with Crippen LogP contribution >= 0.6 is 11.3 Å². The Morgan fingerprint density at radius 2 is 2.07 bits per heavy atom. The number of anilines is 1. The predicted octanol–water partition coefficient (Wildman–Crippen LogP) is 2.53. The fourth-order valence-electron chi connectivity index (χ4n) is 3.47. The number of benzene rings is 1. The van der Waals surface area contributed by atoms with Crippen LogP contribution in [-0.2, 0) is 11.3 Å². The van der Waals surface area contributed by atoms with E-state index in [0.717, 1.165) is 36.6 Å². The number of hydrogen-bond acceptors (Lipinski definition) is 6. The first kappa shape index (κ1) is 18.6. The summed E-state index contributed by atoms with van der Waals surface area (Å²) in [6.07, 6.45) is 2.93. The lowest BCUT2D eigenvalue weighted by atomic mass is 9.96. The van der Waals surface area contributed by atoms with Crippen molar-refractivity contribution in [2.75, 3.05) is 18.0 Å². The molecule has 0 spiro atoms. The minimum Gasteiger partial charge on any atom is -0.352 e. The Kier molecular flexibility index (Phi) is 5.13. The number of aromatic nitrogens is 3. The Balaban J connectivity index is 1.34. The van der Waals surface area contributed by atoms with Crippen LogP contribution in [0.15, 0.2) is 29.3 Å². The lowest BCUT2D eigenvalue weighted by Crippen LogP contribution is -2.40. The first-order chi connectivity index (χ1) is 13.5. The summed E-state index contributed by atoms with van der Waals surface area (Å²) in [5.41, 5.74) is 3.95. The summed E-state index contributed by atoms with van der Waals surface area (Å²) in [5.74, 6) is 0.124. The van der Waals surface area contributed by atoms with Gasteiger partial charge in [0.25, 0.3) is 5.56 Å². The highest BCUT2D eigenvalue weighted by molar-refractivity contribution is 7.22. The number of amides is 1.